The SMILES string of the molecule is O=C1C/C(=C\c2cnn3c(NC4CC4)cc(Nc4cccc(Cl)c4)nc23)C(=O)N1. The highest BCUT2D eigenvalue weighted by Crippen LogP contribution is 2.29. The number of carbonyl (C=O) groups is 2. The molecular weight excluding hydrogens is 392 g/mol. The summed E-state index contributed by atoms with van der Waals surface area (Å²) < 4.78 is 1.71. The molecule has 3 aromatic rings. The Morgan fingerprint density at radius 2 is 2.10 bits per heavy atom. The lowest BCUT2D eigenvalue weighted by Crippen LogP contribution is -2.19. The van der Waals surface area contributed by atoms with Crippen molar-refractivity contribution in [2.45, 2.75) is 25.3 Å². The Balaban J connectivity index is 1.57. The molecule has 2 amide bonds. The Hall–Kier alpha value is -3.39. The van der Waals surface area contributed by atoms with Crippen molar-refractivity contribution in [3.8, 4) is 0 Å². The van der Waals surface area contributed by atoms with Crippen molar-refractivity contribution in [1.82, 2.24) is 19.9 Å². The molecule has 0 unspecified atom stereocenters. The van der Waals surface area contributed by atoms with Gasteiger partial charge >= 0.3 is 0 Å². The lowest BCUT2D eigenvalue weighted by molar-refractivity contribution is -0.124. The van der Waals surface area contributed by atoms with E-state index in [1.807, 2.05) is 24.3 Å². The average Bonchev–Trinajstić information content (AvgIpc) is 3.31. The number of nitrogens with one attached hydrogen (secondary N) is 3. The minimum absolute atomic E-state index is 0.0593. The van der Waals surface area contributed by atoms with E-state index in [0.717, 1.165) is 24.3 Å². The zero-order valence-electron chi connectivity index (χ0n) is 15.3. The number of hydrogen-bond donors (Lipinski definition) is 3. The molecule has 3 N–H and O–H groups in total. The molecule has 1 saturated carbocycles. The Morgan fingerprint density at radius 3 is 2.83 bits per heavy atom. The molecule has 3 heterocycles. The Labute approximate surface area is 171 Å². The first-order valence-corrected chi connectivity index (χ1v) is 9.65. The third-order valence-electron chi connectivity index (χ3n) is 4.75. The molecule has 0 radical (unpaired) electrons. The molecule has 5 rings (SSSR count). The summed E-state index contributed by atoms with van der Waals surface area (Å²) in [6, 6.07) is 9.69. The highest BCUT2D eigenvalue weighted by Gasteiger charge is 2.25. The van der Waals surface area contributed by atoms with Crippen LogP contribution in [0.4, 0.5) is 17.3 Å². The number of carbonyl (C=O) groups excluding carboxylic acids is 2. The Morgan fingerprint density at radius 1 is 1.24 bits per heavy atom. The molecule has 1 aliphatic carbocycles. The molecule has 2 fully saturated rings. The van der Waals surface area contributed by atoms with Crippen molar-refractivity contribution in [3.05, 3.63) is 52.7 Å². The average molecular weight is 409 g/mol. The summed E-state index contributed by atoms with van der Waals surface area (Å²) in [6.07, 6.45) is 5.60. The van der Waals surface area contributed by atoms with Crippen LogP contribution >= 0.6 is 11.6 Å². The van der Waals surface area contributed by atoms with Crippen molar-refractivity contribution >= 4 is 52.5 Å². The van der Waals surface area contributed by atoms with Crippen LogP contribution in [0, 0.1) is 0 Å². The summed E-state index contributed by atoms with van der Waals surface area (Å²) in [6.45, 7) is 0. The number of halogens is 1. The van der Waals surface area contributed by atoms with Gasteiger partial charge in [0.15, 0.2) is 5.65 Å². The summed E-state index contributed by atoms with van der Waals surface area (Å²) >= 11 is 6.08. The van der Waals surface area contributed by atoms with Crippen molar-refractivity contribution in [1.29, 1.82) is 0 Å². The van der Waals surface area contributed by atoms with Gasteiger partial charge in [-0.2, -0.15) is 9.61 Å². The van der Waals surface area contributed by atoms with Crippen LogP contribution in [0.15, 0.2) is 42.1 Å². The number of anilines is 3. The zero-order valence-corrected chi connectivity index (χ0v) is 16.0. The van der Waals surface area contributed by atoms with E-state index in [4.69, 9.17) is 11.6 Å². The topological polar surface area (TPSA) is 100 Å². The van der Waals surface area contributed by atoms with Crippen LogP contribution in [0.2, 0.25) is 5.02 Å². The Bertz CT molecular complexity index is 1180. The molecule has 0 bridgehead atoms. The first-order chi connectivity index (χ1) is 14.0. The molecular formula is C20H17ClN6O2. The maximum absolute atomic E-state index is 11.9. The summed E-state index contributed by atoms with van der Waals surface area (Å²) in [5.41, 5.74) is 2.46. The van der Waals surface area contributed by atoms with Gasteiger partial charge in [-0.05, 0) is 37.1 Å². The zero-order chi connectivity index (χ0) is 20.0. The highest BCUT2D eigenvalue weighted by atomic mass is 35.5. The van der Waals surface area contributed by atoms with Gasteiger partial charge < -0.3 is 10.6 Å². The molecule has 9 heteroatoms. The van der Waals surface area contributed by atoms with E-state index in [-0.39, 0.29) is 18.2 Å². The van der Waals surface area contributed by atoms with E-state index < -0.39 is 0 Å². The maximum atomic E-state index is 11.9. The second kappa shape index (κ2) is 6.89. The van der Waals surface area contributed by atoms with Crippen molar-refractivity contribution < 1.29 is 9.59 Å². The minimum atomic E-state index is -0.376. The molecule has 1 aromatic carbocycles. The second-order valence-corrected chi connectivity index (χ2v) is 7.58. The van der Waals surface area contributed by atoms with E-state index in [0.29, 0.717) is 33.7 Å². The van der Waals surface area contributed by atoms with Gasteiger partial charge in [0.05, 0.1) is 12.6 Å². The molecule has 1 saturated heterocycles. The third-order valence-corrected chi connectivity index (χ3v) is 4.99. The van der Waals surface area contributed by atoms with Crippen molar-refractivity contribution in [2.24, 2.45) is 0 Å². The first kappa shape index (κ1) is 17.7. The monoisotopic (exact) mass is 408 g/mol. The highest BCUT2D eigenvalue weighted by molar-refractivity contribution is 6.30. The predicted molar refractivity (Wildman–Crippen MR) is 110 cm³/mol. The number of fused-ring (bicyclic) bond motifs is 1. The fourth-order valence-electron chi connectivity index (χ4n) is 3.21. The van der Waals surface area contributed by atoms with Gasteiger partial charge in [0.1, 0.15) is 11.6 Å². The minimum Gasteiger partial charge on any atom is -0.367 e. The summed E-state index contributed by atoms with van der Waals surface area (Å²) in [5.74, 6) is 0.748. The van der Waals surface area contributed by atoms with Gasteiger partial charge in [-0.1, -0.05) is 17.7 Å². The van der Waals surface area contributed by atoms with Gasteiger partial charge in [-0.3, -0.25) is 14.9 Å². The molecule has 2 aromatic heterocycles. The third kappa shape index (κ3) is 3.66. The predicted octanol–water partition coefficient (Wildman–Crippen LogP) is 3.13. The van der Waals surface area contributed by atoms with E-state index in [2.05, 4.69) is 26.0 Å². The summed E-state index contributed by atoms with van der Waals surface area (Å²) in [7, 11) is 0. The second-order valence-electron chi connectivity index (χ2n) is 7.14. The number of hydrogen-bond acceptors (Lipinski definition) is 6. The number of benzene rings is 1. The van der Waals surface area contributed by atoms with E-state index in [1.54, 1.807) is 22.9 Å². The van der Waals surface area contributed by atoms with Gasteiger partial charge in [0.2, 0.25) is 5.91 Å². The molecule has 29 heavy (non-hydrogen) atoms. The number of aromatic nitrogens is 3. The molecule has 8 nitrogen and oxygen atoms in total. The van der Waals surface area contributed by atoms with Crippen LogP contribution in [-0.4, -0.2) is 32.5 Å². The van der Waals surface area contributed by atoms with E-state index in [9.17, 15) is 9.59 Å². The maximum Gasteiger partial charge on any atom is 0.254 e. The van der Waals surface area contributed by atoms with Crippen molar-refractivity contribution in [2.75, 3.05) is 10.6 Å². The van der Waals surface area contributed by atoms with Crippen LogP contribution in [0.1, 0.15) is 24.8 Å². The smallest absolute Gasteiger partial charge is 0.254 e. The van der Waals surface area contributed by atoms with E-state index >= 15 is 0 Å². The van der Waals surface area contributed by atoms with Crippen LogP contribution in [0.5, 0.6) is 0 Å². The van der Waals surface area contributed by atoms with Gasteiger partial charge in [0.25, 0.3) is 5.91 Å². The quantitative estimate of drug-likeness (QED) is 0.443. The molecule has 2 aliphatic rings. The lowest BCUT2D eigenvalue weighted by Gasteiger charge is -2.12. The number of imide groups is 1. The lowest BCUT2D eigenvalue weighted by atomic mass is 10.1. The summed E-state index contributed by atoms with van der Waals surface area (Å²) in [5, 5.41) is 14.1. The summed E-state index contributed by atoms with van der Waals surface area (Å²) in [4.78, 5) is 28.1. The number of amides is 2. The standard InChI is InChI=1S/C20H17ClN6O2/c21-13-2-1-3-15(8-13)23-16-9-17(24-14-4-5-14)27-19(25-16)12(10-22-27)6-11-7-18(28)26-20(11)29/h1-3,6,8-10,14,24H,4-5,7H2,(H,23,25)(H,26,28,29)/b11-6+. The van der Waals surface area contributed by atoms with Crippen LogP contribution in [0.25, 0.3) is 11.7 Å². The normalized spacial score (nSPS) is 17.8. The number of rotatable bonds is 5. The van der Waals surface area contributed by atoms with Crippen molar-refractivity contribution in [3.63, 3.8) is 0 Å². The Kier molecular flexibility index (Phi) is 4.21. The molecule has 1 aliphatic heterocycles. The number of nitrogens with zero attached hydrogens (tertiary/aromatic N) is 3. The van der Waals surface area contributed by atoms with Crippen LogP contribution in [0.3, 0.4) is 0 Å². The molecule has 146 valence electrons. The van der Waals surface area contributed by atoms with E-state index in [1.165, 1.54) is 0 Å². The first-order valence-electron chi connectivity index (χ1n) is 9.28. The van der Waals surface area contributed by atoms with Crippen LogP contribution in [-0.2, 0) is 9.59 Å². The fourth-order valence-corrected chi connectivity index (χ4v) is 3.40. The molecule has 0 spiro atoms. The fraction of sp³-hybridized carbons (Fsp3) is 0.200. The molecule has 0 atom stereocenters. The van der Waals surface area contributed by atoms with Gasteiger partial charge in [-0.15, -0.1) is 0 Å². The van der Waals surface area contributed by atoms with Gasteiger partial charge in [-0.25, -0.2) is 4.98 Å². The van der Waals surface area contributed by atoms with Gasteiger partial charge in [0, 0.05) is 34.0 Å². The van der Waals surface area contributed by atoms with Crippen LogP contribution < -0.4 is 16.0 Å². The largest absolute Gasteiger partial charge is 0.367 e.